The molecule has 0 bridgehead atoms. The van der Waals surface area contributed by atoms with Crippen LogP contribution >= 0.6 is 0 Å². The van der Waals surface area contributed by atoms with Crippen molar-refractivity contribution in [2.75, 3.05) is 13.1 Å². The van der Waals surface area contributed by atoms with E-state index >= 15 is 0 Å². The maximum absolute atomic E-state index is 9.86. The smallest absolute Gasteiger partial charge is 0.116 e. The Kier molecular flexibility index (Phi) is 4.05. The highest BCUT2D eigenvalue weighted by Gasteiger charge is 2.24. The summed E-state index contributed by atoms with van der Waals surface area (Å²) in [5, 5.41) is 18.0. The number of piperidine rings is 1. The SMILES string of the molecule is Oc1cccc(-c2cnn(-c3ccccc3)c2C2CCCNC2)c1. The maximum Gasteiger partial charge on any atom is 0.116 e. The molecule has 1 atom stereocenters. The van der Waals surface area contributed by atoms with Crippen molar-refractivity contribution < 1.29 is 5.11 Å². The monoisotopic (exact) mass is 319 g/mol. The Morgan fingerprint density at radius 3 is 2.71 bits per heavy atom. The normalized spacial score (nSPS) is 17.8. The summed E-state index contributed by atoms with van der Waals surface area (Å²) >= 11 is 0. The van der Waals surface area contributed by atoms with E-state index in [-0.39, 0.29) is 5.75 Å². The molecule has 2 aromatic carbocycles. The third-order valence-electron chi connectivity index (χ3n) is 4.65. The van der Waals surface area contributed by atoms with Gasteiger partial charge in [0.25, 0.3) is 0 Å². The lowest BCUT2D eigenvalue weighted by atomic mass is 9.91. The molecule has 4 heteroatoms. The van der Waals surface area contributed by atoms with Gasteiger partial charge in [0.15, 0.2) is 0 Å². The van der Waals surface area contributed by atoms with E-state index in [1.54, 1.807) is 6.07 Å². The highest BCUT2D eigenvalue weighted by molar-refractivity contribution is 5.68. The number of hydrogen-bond acceptors (Lipinski definition) is 3. The van der Waals surface area contributed by atoms with Gasteiger partial charge in [-0.2, -0.15) is 5.10 Å². The van der Waals surface area contributed by atoms with Crippen LogP contribution in [0.5, 0.6) is 5.75 Å². The first-order valence-electron chi connectivity index (χ1n) is 8.46. The second-order valence-corrected chi connectivity index (χ2v) is 6.28. The molecule has 2 N–H and O–H groups in total. The molecule has 0 amide bonds. The van der Waals surface area contributed by atoms with E-state index in [9.17, 15) is 5.11 Å². The second-order valence-electron chi connectivity index (χ2n) is 6.28. The van der Waals surface area contributed by atoms with Crippen LogP contribution in [0.25, 0.3) is 16.8 Å². The number of aromatic hydroxyl groups is 1. The minimum atomic E-state index is 0.285. The fourth-order valence-corrected chi connectivity index (χ4v) is 3.51. The van der Waals surface area contributed by atoms with Crippen molar-refractivity contribution in [1.29, 1.82) is 0 Å². The fraction of sp³-hybridized carbons (Fsp3) is 0.250. The van der Waals surface area contributed by atoms with Crippen LogP contribution in [0.3, 0.4) is 0 Å². The van der Waals surface area contributed by atoms with Crippen molar-refractivity contribution in [3.8, 4) is 22.6 Å². The van der Waals surface area contributed by atoms with Crippen molar-refractivity contribution in [2.45, 2.75) is 18.8 Å². The van der Waals surface area contributed by atoms with Crippen molar-refractivity contribution in [2.24, 2.45) is 0 Å². The Bertz CT molecular complexity index is 820. The third-order valence-corrected chi connectivity index (χ3v) is 4.65. The van der Waals surface area contributed by atoms with Crippen LogP contribution in [-0.2, 0) is 0 Å². The van der Waals surface area contributed by atoms with Gasteiger partial charge in [-0.25, -0.2) is 4.68 Å². The summed E-state index contributed by atoms with van der Waals surface area (Å²) in [6.45, 7) is 2.04. The summed E-state index contributed by atoms with van der Waals surface area (Å²) in [6, 6.07) is 17.7. The number of nitrogens with one attached hydrogen (secondary N) is 1. The number of benzene rings is 2. The lowest BCUT2D eigenvalue weighted by Crippen LogP contribution is -2.29. The minimum Gasteiger partial charge on any atom is -0.508 e. The molecule has 1 fully saturated rings. The number of phenols is 1. The average Bonchev–Trinajstić information content (AvgIpc) is 3.08. The van der Waals surface area contributed by atoms with Crippen molar-refractivity contribution >= 4 is 0 Å². The van der Waals surface area contributed by atoms with Crippen LogP contribution in [0, 0.1) is 0 Å². The van der Waals surface area contributed by atoms with E-state index < -0.39 is 0 Å². The van der Waals surface area contributed by atoms with E-state index in [2.05, 4.69) is 27.2 Å². The Labute approximate surface area is 141 Å². The first kappa shape index (κ1) is 15.0. The minimum absolute atomic E-state index is 0.285. The Morgan fingerprint density at radius 1 is 1.08 bits per heavy atom. The van der Waals surface area contributed by atoms with E-state index in [1.807, 2.05) is 42.6 Å². The number of para-hydroxylation sites is 1. The predicted molar refractivity (Wildman–Crippen MR) is 95.5 cm³/mol. The number of phenolic OH excluding ortho intramolecular Hbond substituents is 1. The predicted octanol–water partition coefficient (Wildman–Crippen LogP) is 3.71. The van der Waals surface area contributed by atoms with Crippen LogP contribution in [0.15, 0.2) is 60.8 Å². The van der Waals surface area contributed by atoms with Crippen LogP contribution in [0.4, 0.5) is 0 Å². The third kappa shape index (κ3) is 2.81. The molecule has 1 aliphatic heterocycles. The van der Waals surface area contributed by atoms with E-state index in [0.29, 0.717) is 5.92 Å². The second kappa shape index (κ2) is 6.49. The Morgan fingerprint density at radius 2 is 1.96 bits per heavy atom. The van der Waals surface area contributed by atoms with Crippen LogP contribution in [0.1, 0.15) is 24.5 Å². The summed E-state index contributed by atoms with van der Waals surface area (Å²) < 4.78 is 2.05. The molecule has 4 rings (SSSR count). The van der Waals surface area contributed by atoms with Gasteiger partial charge in [0.2, 0.25) is 0 Å². The first-order chi connectivity index (χ1) is 11.8. The van der Waals surface area contributed by atoms with E-state index in [0.717, 1.165) is 36.3 Å². The first-order valence-corrected chi connectivity index (χ1v) is 8.46. The summed E-state index contributed by atoms with van der Waals surface area (Å²) in [7, 11) is 0. The molecule has 1 aromatic heterocycles. The number of nitrogens with zero attached hydrogens (tertiary/aromatic N) is 2. The molecule has 122 valence electrons. The molecule has 0 spiro atoms. The molecule has 0 saturated carbocycles. The zero-order chi connectivity index (χ0) is 16.4. The van der Waals surface area contributed by atoms with Gasteiger partial charge >= 0.3 is 0 Å². The fourth-order valence-electron chi connectivity index (χ4n) is 3.51. The molecule has 4 nitrogen and oxygen atoms in total. The summed E-state index contributed by atoms with van der Waals surface area (Å²) in [5.41, 5.74) is 4.41. The highest BCUT2D eigenvalue weighted by atomic mass is 16.3. The molecule has 24 heavy (non-hydrogen) atoms. The standard InChI is InChI=1S/C20H21N3O/c24-18-10-4-6-15(12-18)19-14-22-23(17-8-2-1-3-9-17)20(19)16-7-5-11-21-13-16/h1-4,6,8-10,12,14,16,21,24H,5,7,11,13H2. The van der Waals surface area contributed by atoms with Crippen molar-refractivity contribution in [1.82, 2.24) is 15.1 Å². The average molecular weight is 319 g/mol. The van der Waals surface area contributed by atoms with Crippen LogP contribution in [0.2, 0.25) is 0 Å². The topological polar surface area (TPSA) is 50.1 Å². The maximum atomic E-state index is 9.86. The van der Waals surface area contributed by atoms with Gasteiger partial charge in [0, 0.05) is 18.0 Å². The van der Waals surface area contributed by atoms with Gasteiger partial charge in [-0.05, 0) is 49.2 Å². The lowest BCUT2D eigenvalue weighted by molar-refractivity contribution is 0.448. The molecule has 2 heterocycles. The molecular weight excluding hydrogens is 298 g/mol. The molecule has 1 unspecified atom stereocenters. The van der Waals surface area contributed by atoms with Gasteiger partial charge in [-0.1, -0.05) is 30.3 Å². The number of hydrogen-bond donors (Lipinski definition) is 2. The number of rotatable bonds is 3. The largest absolute Gasteiger partial charge is 0.508 e. The summed E-state index contributed by atoms with van der Waals surface area (Å²) in [5.74, 6) is 0.700. The van der Waals surface area contributed by atoms with Gasteiger partial charge in [-0.3, -0.25) is 0 Å². The van der Waals surface area contributed by atoms with Crippen molar-refractivity contribution in [3.05, 3.63) is 66.5 Å². The van der Waals surface area contributed by atoms with E-state index in [1.165, 1.54) is 12.1 Å². The van der Waals surface area contributed by atoms with Gasteiger partial charge < -0.3 is 10.4 Å². The van der Waals surface area contributed by atoms with Gasteiger partial charge in [0.05, 0.1) is 17.6 Å². The Balaban J connectivity index is 1.86. The van der Waals surface area contributed by atoms with Crippen LogP contribution in [-0.4, -0.2) is 28.0 Å². The van der Waals surface area contributed by atoms with Crippen molar-refractivity contribution in [3.63, 3.8) is 0 Å². The van der Waals surface area contributed by atoms with E-state index in [4.69, 9.17) is 0 Å². The lowest BCUT2D eigenvalue weighted by Gasteiger charge is -2.25. The molecule has 0 aliphatic carbocycles. The Hall–Kier alpha value is -2.59. The van der Waals surface area contributed by atoms with Gasteiger partial charge in [0.1, 0.15) is 5.75 Å². The molecule has 1 saturated heterocycles. The molecular formula is C20H21N3O. The molecule has 0 radical (unpaired) electrons. The van der Waals surface area contributed by atoms with Crippen LogP contribution < -0.4 is 5.32 Å². The zero-order valence-corrected chi connectivity index (χ0v) is 13.5. The summed E-state index contributed by atoms with van der Waals surface area (Å²) in [6.07, 6.45) is 4.24. The summed E-state index contributed by atoms with van der Waals surface area (Å²) in [4.78, 5) is 0. The number of aromatic nitrogens is 2. The quantitative estimate of drug-likeness (QED) is 0.774. The molecule has 1 aliphatic rings. The van der Waals surface area contributed by atoms with Gasteiger partial charge in [-0.15, -0.1) is 0 Å². The zero-order valence-electron chi connectivity index (χ0n) is 13.5. The molecule has 3 aromatic rings. The highest BCUT2D eigenvalue weighted by Crippen LogP contribution is 2.35.